The molecule has 0 saturated carbocycles. The van der Waals surface area contributed by atoms with Gasteiger partial charge in [0, 0.05) is 24.2 Å². The second-order valence-electron chi connectivity index (χ2n) is 7.96. The van der Waals surface area contributed by atoms with E-state index in [0.717, 1.165) is 33.9 Å². The van der Waals surface area contributed by atoms with E-state index in [-0.39, 0.29) is 5.78 Å². The molecule has 35 heavy (non-hydrogen) atoms. The standard InChI is InChI=1S/C26H23N7OS/c1-17-25(19(3)34)35-26(29-17)30-27-14-20-16-32(21-10-6-4-7-11-21)31-24(20)23-15-28-33(18(23)2)22-12-8-5-9-13-22/h4-16H,1-3H3,(H,29,30)/b27-14+. The van der Waals surface area contributed by atoms with Crippen LogP contribution in [0, 0.1) is 13.8 Å². The van der Waals surface area contributed by atoms with Gasteiger partial charge in [-0.1, -0.05) is 47.7 Å². The number of Topliss-reactive ketones (excluding diaryl/α,β-unsaturated/α-hetero) is 1. The Labute approximate surface area is 206 Å². The van der Waals surface area contributed by atoms with Crippen LogP contribution in [-0.4, -0.2) is 36.5 Å². The minimum absolute atomic E-state index is 0.00523. The summed E-state index contributed by atoms with van der Waals surface area (Å²) in [5, 5.41) is 14.4. The molecule has 0 unspecified atom stereocenters. The molecule has 0 fully saturated rings. The lowest BCUT2D eigenvalue weighted by molar-refractivity contribution is 0.102. The van der Waals surface area contributed by atoms with Gasteiger partial charge < -0.3 is 0 Å². The lowest BCUT2D eigenvalue weighted by Gasteiger charge is -2.05. The van der Waals surface area contributed by atoms with Gasteiger partial charge in [-0.15, -0.1) is 0 Å². The molecule has 0 atom stereocenters. The fourth-order valence-corrected chi connectivity index (χ4v) is 4.61. The summed E-state index contributed by atoms with van der Waals surface area (Å²) in [6, 6.07) is 19.9. The molecule has 0 aliphatic heterocycles. The quantitative estimate of drug-likeness (QED) is 0.190. The number of nitrogens with zero attached hydrogens (tertiary/aromatic N) is 6. The molecule has 0 spiro atoms. The van der Waals surface area contributed by atoms with Crippen LogP contribution >= 0.6 is 11.3 Å². The molecule has 0 radical (unpaired) electrons. The number of hydrazone groups is 1. The number of aromatic nitrogens is 5. The summed E-state index contributed by atoms with van der Waals surface area (Å²) in [5.74, 6) is -0.00523. The van der Waals surface area contributed by atoms with Gasteiger partial charge in [-0.25, -0.2) is 14.3 Å². The maximum atomic E-state index is 11.7. The Hall–Kier alpha value is -4.37. The van der Waals surface area contributed by atoms with E-state index in [1.54, 1.807) is 6.21 Å². The number of carbonyl (C=O) groups is 1. The van der Waals surface area contributed by atoms with Crippen molar-refractivity contribution in [2.45, 2.75) is 20.8 Å². The molecule has 3 aromatic heterocycles. The molecule has 0 aliphatic carbocycles. The van der Waals surface area contributed by atoms with Crippen molar-refractivity contribution in [2.24, 2.45) is 5.10 Å². The second-order valence-corrected chi connectivity index (χ2v) is 8.96. The van der Waals surface area contributed by atoms with Crippen molar-refractivity contribution in [3.05, 3.63) is 94.9 Å². The van der Waals surface area contributed by atoms with Crippen LogP contribution in [0.1, 0.15) is 33.5 Å². The Morgan fingerprint density at radius 3 is 2.37 bits per heavy atom. The van der Waals surface area contributed by atoms with E-state index in [4.69, 9.17) is 5.10 Å². The van der Waals surface area contributed by atoms with Crippen LogP contribution in [0.3, 0.4) is 0 Å². The van der Waals surface area contributed by atoms with Crippen LogP contribution in [0.4, 0.5) is 5.13 Å². The molecular weight excluding hydrogens is 458 g/mol. The minimum atomic E-state index is -0.00523. The van der Waals surface area contributed by atoms with Crippen LogP contribution in [-0.2, 0) is 0 Å². The highest BCUT2D eigenvalue weighted by molar-refractivity contribution is 7.17. The third kappa shape index (κ3) is 4.53. The molecule has 2 aromatic carbocycles. The summed E-state index contributed by atoms with van der Waals surface area (Å²) in [5.41, 5.74) is 9.03. The van der Waals surface area contributed by atoms with Crippen molar-refractivity contribution in [2.75, 3.05) is 5.43 Å². The highest BCUT2D eigenvalue weighted by atomic mass is 32.1. The Kier molecular flexibility index (Phi) is 6.07. The molecule has 0 aliphatic rings. The number of thiazole rings is 1. The average molecular weight is 482 g/mol. The maximum absolute atomic E-state index is 11.7. The van der Waals surface area contributed by atoms with Crippen molar-refractivity contribution in [1.82, 2.24) is 24.5 Å². The number of ketones is 1. The van der Waals surface area contributed by atoms with E-state index in [1.165, 1.54) is 18.3 Å². The summed E-state index contributed by atoms with van der Waals surface area (Å²) in [7, 11) is 0. The van der Waals surface area contributed by atoms with Crippen LogP contribution < -0.4 is 5.43 Å². The first-order chi connectivity index (χ1) is 17.0. The van der Waals surface area contributed by atoms with E-state index >= 15 is 0 Å². The highest BCUT2D eigenvalue weighted by Crippen LogP contribution is 2.28. The van der Waals surface area contributed by atoms with E-state index in [1.807, 2.05) is 96.3 Å². The molecular formula is C26H23N7OS. The molecule has 174 valence electrons. The molecule has 5 rings (SSSR count). The summed E-state index contributed by atoms with van der Waals surface area (Å²) >= 11 is 1.29. The second kappa shape index (κ2) is 9.47. The van der Waals surface area contributed by atoms with Gasteiger partial charge in [0.25, 0.3) is 0 Å². The number of hydrogen-bond acceptors (Lipinski definition) is 7. The van der Waals surface area contributed by atoms with Crippen LogP contribution in [0.5, 0.6) is 0 Å². The number of aryl methyl sites for hydroxylation is 1. The number of nitrogens with one attached hydrogen (secondary N) is 1. The smallest absolute Gasteiger partial charge is 0.204 e. The Bertz CT molecular complexity index is 1510. The summed E-state index contributed by atoms with van der Waals surface area (Å²) in [6.45, 7) is 5.38. The number of benzene rings is 2. The SMILES string of the molecule is CC(=O)c1sc(N/N=C/c2cn(-c3ccccc3)nc2-c2cnn(-c3ccccc3)c2C)nc1C. The van der Waals surface area contributed by atoms with Crippen molar-refractivity contribution >= 4 is 28.5 Å². The first-order valence-corrected chi connectivity index (χ1v) is 11.9. The Morgan fingerprint density at radius 2 is 1.71 bits per heavy atom. The largest absolute Gasteiger partial charge is 0.294 e. The van der Waals surface area contributed by atoms with Gasteiger partial charge in [-0.3, -0.25) is 10.2 Å². The maximum Gasteiger partial charge on any atom is 0.204 e. The first-order valence-electron chi connectivity index (χ1n) is 11.0. The molecule has 3 heterocycles. The number of carbonyl (C=O) groups excluding carboxylic acids is 1. The lowest BCUT2D eigenvalue weighted by atomic mass is 10.1. The molecule has 0 amide bonds. The fourth-order valence-electron chi connectivity index (χ4n) is 3.80. The number of para-hydroxylation sites is 2. The molecule has 0 bridgehead atoms. The summed E-state index contributed by atoms with van der Waals surface area (Å²) in [4.78, 5) is 16.8. The predicted molar refractivity (Wildman–Crippen MR) is 139 cm³/mol. The molecule has 9 heteroatoms. The Balaban J connectivity index is 1.52. The highest BCUT2D eigenvalue weighted by Gasteiger charge is 2.17. The molecule has 8 nitrogen and oxygen atoms in total. The molecule has 0 saturated heterocycles. The average Bonchev–Trinajstić information content (AvgIpc) is 3.57. The van der Waals surface area contributed by atoms with Gasteiger partial charge in [-0.05, 0) is 38.1 Å². The summed E-state index contributed by atoms with van der Waals surface area (Å²) in [6.07, 6.45) is 5.47. The number of hydrogen-bond donors (Lipinski definition) is 1. The minimum Gasteiger partial charge on any atom is -0.294 e. The predicted octanol–water partition coefficient (Wildman–Crippen LogP) is 5.45. The van der Waals surface area contributed by atoms with Crippen molar-refractivity contribution in [1.29, 1.82) is 0 Å². The van der Waals surface area contributed by atoms with Gasteiger partial charge in [0.1, 0.15) is 5.69 Å². The first kappa shape index (κ1) is 22.4. The summed E-state index contributed by atoms with van der Waals surface area (Å²) < 4.78 is 3.73. The monoisotopic (exact) mass is 481 g/mol. The van der Waals surface area contributed by atoms with E-state index in [9.17, 15) is 4.79 Å². The van der Waals surface area contributed by atoms with E-state index in [0.29, 0.717) is 15.7 Å². The van der Waals surface area contributed by atoms with Gasteiger partial charge in [-0.2, -0.15) is 15.3 Å². The number of rotatable bonds is 7. The Morgan fingerprint density at radius 1 is 1.03 bits per heavy atom. The zero-order chi connectivity index (χ0) is 24.4. The van der Waals surface area contributed by atoms with E-state index < -0.39 is 0 Å². The zero-order valence-electron chi connectivity index (χ0n) is 19.5. The third-order valence-corrected chi connectivity index (χ3v) is 6.67. The topological polar surface area (TPSA) is 90.0 Å². The van der Waals surface area contributed by atoms with Crippen LogP contribution in [0.25, 0.3) is 22.6 Å². The molecule has 5 aromatic rings. The molecule has 1 N–H and O–H groups in total. The normalized spacial score (nSPS) is 11.3. The van der Waals surface area contributed by atoms with Gasteiger partial charge in [0.05, 0.1) is 40.1 Å². The third-order valence-electron chi connectivity index (χ3n) is 5.51. The van der Waals surface area contributed by atoms with Gasteiger partial charge >= 0.3 is 0 Å². The van der Waals surface area contributed by atoms with Gasteiger partial charge in [0.15, 0.2) is 5.78 Å². The zero-order valence-corrected chi connectivity index (χ0v) is 20.3. The van der Waals surface area contributed by atoms with Crippen LogP contribution in [0.15, 0.2) is 78.2 Å². The fraction of sp³-hybridized carbons (Fsp3) is 0.115. The lowest BCUT2D eigenvalue weighted by Crippen LogP contribution is -1.99. The van der Waals surface area contributed by atoms with Crippen molar-refractivity contribution in [3.8, 4) is 22.6 Å². The van der Waals surface area contributed by atoms with Crippen molar-refractivity contribution < 1.29 is 4.79 Å². The van der Waals surface area contributed by atoms with E-state index in [2.05, 4.69) is 20.6 Å². The van der Waals surface area contributed by atoms with Gasteiger partial charge in [0.2, 0.25) is 5.13 Å². The number of anilines is 1. The van der Waals surface area contributed by atoms with Crippen LogP contribution in [0.2, 0.25) is 0 Å². The van der Waals surface area contributed by atoms with Crippen molar-refractivity contribution in [3.63, 3.8) is 0 Å².